The van der Waals surface area contributed by atoms with E-state index in [1.807, 2.05) is 21.1 Å². The van der Waals surface area contributed by atoms with Gasteiger partial charge < -0.3 is 28.5 Å². The molecule has 0 aliphatic carbocycles. The molecule has 9 heteroatoms. The lowest BCUT2D eigenvalue weighted by Crippen LogP contribution is -2.40. The number of ether oxygens (including phenoxy) is 4. The van der Waals surface area contributed by atoms with Gasteiger partial charge in [-0.05, 0) is 173 Å². The minimum absolute atomic E-state index is 0.157. The number of hydrogen-bond donors (Lipinski definition) is 1. The van der Waals surface area contributed by atoms with E-state index >= 15 is 0 Å². The second-order valence-electron chi connectivity index (χ2n) is 23.7. The number of unbranched alkanes of at least 4 members (excludes halogenated alkanes) is 5. The molecule has 1 N–H and O–H groups in total. The van der Waals surface area contributed by atoms with Crippen molar-refractivity contribution in [3.63, 3.8) is 0 Å². The molecule has 0 heterocycles. The third kappa shape index (κ3) is 74.1. The number of aliphatic carboxylic acids is 1. The van der Waals surface area contributed by atoms with Crippen molar-refractivity contribution in [1.29, 1.82) is 0 Å². The number of esters is 2. The predicted molar refractivity (Wildman–Crippen MR) is 409 cm³/mol. The van der Waals surface area contributed by atoms with E-state index in [0.29, 0.717) is 23.9 Å². The molecule has 0 amide bonds. The van der Waals surface area contributed by atoms with E-state index in [-0.39, 0.29) is 32.7 Å². The Morgan fingerprint density at radius 3 is 0.842 bits per heavy atom. The van der Waals surface area contributed by atoms with Gasteiger partial charge in [-0.1, -0.05) is 275 Å². The van der Waals surface area contributed by atoms with E-state index in [0.717, 1.165) is 167 Å². The Morgan fingerprint density at radius 1 is 0.316 bits per heavy atom. The first-order valence-corrected chi connectivity index (χ1v) is 35.8. The number of nitrogens with zero attached hydrogens (tertiary/aromatic N) is 1. The molecule has 0 saturated carbocycles. The van der Waals surface area contributed by atoms with Gasteiger partial charge in [-0.15, -0.1) is 0 Å². The molecule has 9 nitrogen and oxygen atoms in total. The molecule has 0 aromatic heterocycles. The van der Waals surface area contributed by atoms with Crippen LogP contribution < -0.4 is 0 Å². The predicted octanol–water partition coefficient (Wildman–Crippen LogP) is 23.0. The zero-order valence-corrected chi connectivity index (χ0v) is 59.7. The number of carbonyl (C=O) groups excluding carboxylic acids is 2. The largest absolute Gasteiger partial charge is 0.477 e. The van der Waals surface area contributed by atoms with E-state index in [1.54, 1.807) is 0 Å². The van der Waals surface area contributed by atoms with Gasteiger partial charge in [-0.2, -0.15) is 0 Å². The van der Waals surface area contributed by atoms with Crippen LogP contribution in [0.15, 0.2) is 255 Å². The van der Waals surface area contributed by atoms with Crippen LogP contribution in [0.1, 0.15) is 206 Å². The number of quaternary nitrogens is 1. The molecule has 0 bridgehead atoms. The van der Waals surface area contributed by atoms with E-state index in [2.05, 4.69) is 269 Å². The average Bonchev–Trinajstić information content (AvgIpc) is 2.92. The highest BCUT2D eigenvalue weighted by atomic mass is 16.7. The van der Waals surface area contributed by atoms with Gasteiger partial charge >= 0.3 is 17.9 Å². The zero-order valence-electron chi connectivity index (χ0n) is 59.7. The Hall–Kier alpha value is -7.17. The first-order valence-electron chi connectivity index (χ1n) is 35.8. The molecular formula is C86H128NO8+. The summed E-state index contributed by atoms with van der Waals surface area (Å²) < 4.78 is 22.8. The molecule has 0 aliphatic rings. The highest BCUT2D eigenvalue weighted by Crippen LogP contribution is 2.11. The average molecular weight is 1300 g/mol. The van der Waals surface area contributed by atoms with Crippen molar-refractivity contribution in [2.45, 2.75) is 219 Å². The minimum Gasteiger partial charge on any atom is -0.477 e. The van der Waals surface area contributed by atoms with Crippen LogP contribution in [0.4, 0.5) is 0 Å². The summed E-state index contributed by atoms with van der Waals surface area (Å²) in [6.07, 6.45) is 117. The van der Waals surface area contributed by atoms with Crippen molar-refractivity contribution in [3.8, 4) is 0 Å². The topological polar surface area (TPSA) is 108 Å². The Morgan fingerprint density at radius 2 is 0.568 bits per heavy atom. The summed E-state index contributed by atoms with van der Waals surface area (Å²) in [6, 6.07) is 0. The van der Waals surface area contributed by atoms with Crippen LogP contribution in [0.5, 0.6) is 0 Å². The second kappa shape index (κ2) is 72.7. The van der Waals surface area contributed by atoms with E-state index in [1.165, 1.54) is 0 Å². The Bertz CT molecular complexity index is 2510. The molecular weight excluding hydrogens is 1170 g/mol. The maximum absolute atomic E-state index is 12.9. The molecule has 0 aliphatic heterocycles. The molecule has 0 saturated heterocycles. The Kier molecular flexibility index (Phi) is 67.2. The summed E-state index contributed by atoms with van der Waals surface area (Å²) in [7, 11) is 5.93. The van der Waals surface area contributed by atoms with Gasteiger partial charge in [0.25, 0.3) is 6.29 Å². The summed E-state index contributed by atoms with van der Waals surface area (Å²) in [5.74, 6) is -2.15. The molecule has 0 aromatic rings. The molecule has 0 spiro atoms. The monoisotopic (exact) mass is 1300 g/mol. The van der Waals surface area contributed by atoms with Crippen molar-refractivity contribution < 1.29 is 42.9 Å². The number of rotatable bonds is 62. The third-order valence-electron chi connectivity index (χ3n) is 13.8. The molecule has 0 aromatic carbocycles. The normalized spacial score (nSPS) is 14.2. The summed E-state index contributed by atoms with van der Waals surface area (Å²) in [6.45, 7) is 4.51. The highest BCUT2D eigenvalue weighted by molar-refractivity contribution is 5.71. The van der Waals surface area contributed by atoms with E-state index in [9.17, 15) is 19.5 Å². The summed E-state index contributed by atoms with van der Waals surface area (Å²) >= 11 is 0. The number of allylic oxidation sites excluding steroid dienone is 42. The molecule has 0 fully saturated rings. The van der Waals surface area contributed by atoms with Gasteiger partial charge in [0.05, 0.1) is 34.4 Å². The first kappa shape index (κ1) is 87.8. The van der Waals surface area contributed by atoms with Crippen LogP contribution >= 0.6 is 0 Å². The summed E-state index contributed by atoms with van der Waals surface area (Å²) in [4.78, 5) is 37.6. The van der Waals surface area contributed by atoms with Crippen LogP contribution in [-0.4, -0.2) is 87.4 Å². The second-order valence-corrected chi connectivity index (χ2v) is 23.7. The smallest absolute Gasteiger partial charge is 0.361 e. The number of carboxylic acids is 1. The van der Waals surface area contributed by atoms with E-state index in [4.69, 9.17) is 18.9 Å². The summed E-state index contributed by atoms with van der Waals surface area (Å²) in [5.41, 5.74) is 0. The van der Waals surface area contributed by atoms with Crippen LogP contribution in [0, 0.1) is 0 Å². The van der Waals surface area contributed by atoms with Gasteiger partial charge in [0.1, 0.15) is 13.2 Å². The number of hydrogen-bond acceptors (Lipinski definition) is 7. The number of carbonyl (C=O) groups is 3. The SMILES string of the molecule is CC/C=C\C/C=C\C/C=C\C/C=C\C/C=C\C/C=C\C/C=C\C/C=C\C/C=C\C/C=C\C/C=C\C/C=C\CCCCC(=O)OC(COC(=O)CCCCC/C=C\C/C=C\C/C=C\C/C=C\C/C=C\C/C=C\C/C=C\C/C=C\C/C=C\CC)COC(OCC[N+](C)(C)C)C(=O)O. The maximum Gasteiger partial charge on any atom is 0.361 e. The molecule has 0 radical (unpaired) electrons. The fraction of sp³-hybridized carbons (Fsp3) is 0.477. The van der Waals surface area contributed by atoms with Crippen molar-refractivity contribution in [3.05, 3.63) is 255 Å². The number of likely N-dealkylation sites (N-methyl/N-ethyl adjacent to an activating group) is 1. The van der Waals surface area contributed by atoms with Crippen molar-refractivity contribution in [1.82, 2.24) is 0 Å². The lowest BCUT2D eigenvalue weighted by molar-refractivity contribution is -0.870. The van der Waals surface area contributed by atoms with Crippen LogP contribution in [0.2, 0.25) is 0 Å². The molecule has 524 valence electrons. The van der Waals surface area contributed by atoms with Crippen LogP contribution in [-0.2, 0) is 33.3 Å². The zero-order chi connectivity index (χ0) is 69.0. The highest BCUT2D eigenvalue weighted by Gasteiger charge is 2.25. The standard InChI is InChI=1S/C86H127NO8/c1-6-8-10-12-14-16-18-20-22-24-26-28-30-32-34-36-38-39-40-41-42-43-44-45-47-49-51-53-55-57-59-61-63-65-67-69-71-73-75-77-84(89)95-82(81-94-86(85(90)91)92-79-78-87(3,4)5)80-93-83(88)76-74-72-70-68-66-64-62-60-58-56-54-52-50-48-46-37-35-33-31-29-27-25-23-21-19-17-15-13-11-9-7-2/h8-11,14-17,20-23,26-29,32-35,38-39,41-42,44-46,48-49,51-52,54-55,57-58,60-61,63-64,66-67,69,82,86H,6-7,12-13,18-19,24-25,30-31,36-37,40,43,47,50,53,56,59,62,65,68,70-81H2,1-5H3/p+1/b10-8-,11-9-,16-14-,17-15-,22-20-,23-21-,28-26-,29-27-,34-32-,35-33-,39-38-,42-41-,45-44-,48-46-,51-49-,54-52-,57-55-,60-58-,63-61-,66-64-,69-67-. The lowest BCUT2D eigenvalue weighted by atomic mass is 10.1. The summed E-state index contributed by atoms with van der Waals surface area (Å²) in [5, 5.41) is 9.75. The first-order chi connectivity index (χ1) is 46.6. The third-order valence-corrected chi connectivity index (χ3v) is 13.8. The molecule has 2 atom stereocenters. The van der Waals surface area contributed by atoms with E-state index < -0.39 is 30.3 Å². The van der Waals surface area contributed by atoms with Gasteiger partial charge in [0.15, 0.2) is 6.10 Å². The molecule has 2 unspecified atom stereocenters. The van der Waals surface area contributed by atoms with Crippen LogP contribution in [0.3, 0.4) is 0 Å². The van der Waals surface area contributed by atoms with Gasteiger partial charge in [0.2, 0.25) is 0 Å². The lowest BCUT2D eigenvalue weighted by Gasteiger charge is -2.25. The quantitative estimate of drug-likeness (QED) is 0.0211. The Labute approximate surface area is 579 Å². The fourth-order valence-electron chi connectivity index (χ4n) is 8.40. The number of carboxylic acid groups (broad SMARTS) is 1. The van der Waals surface area contributed by atoms with Gasteiger partial charge in [-0.3, -0.25) is 9.59 Å². The maximum atomic E-state index is 12.9. The van der Waals surface area contributed by atoms with Crippen molar-refractivity contribution in [2.75, 3.05) is 47.5 Å². The minimum atomic E-state index is -1.55. The van der Waals surface area contributed by atoms with Crippen molar-refractivity contribution >= 4 is 17.9 Å². The van der Waals surface area contributed by atoms with Crippen molar-refractivity contribution in [2.24, 2.45) is 0 Å². The molecule has 95 heavy (non-hydrogen) atoms. The Balaban J connectivity index is 4.38. The molecule has 0 rings (SSSR count). The van der Waals surface area contributed by atoms with Crippen LogP contribution in [0.25, 0.3) is 0 Å². The van der Waals surface area contributed by atoms with Gasteiger partial charge in [-0.25, -0.2) is 4.79 Å². The fourth-order valence-corrected chi connectivity index (χ4v) is 8.40. The van der Waals surface area contributed by atoms with Gasteiger partial charge in [0, 0.05) is 12.8 Å².